The summed E-state index contributed by atoms with van der Waals surface area (Å²) in [5, 5.41) is 7.98. The zero-order chi connectivity index (χ0) is 15.1. The van der Waals surface area contributed by atoms with Gasteiger partial charge in [-0.3, -0.25) is 4.79 Å². The highest BCUT2D eigenvalue weighted by Crippen LogP contribution is 2.36. The first-order valence-electron chi connectivity index (χ1n) is 6.78. The van der Waals surface area contributed by atoms with Crippen molar-refractivity contribution in [1.82, 2.24) is 4.98 Å². The van der Waals surface area contributed by atoms with Gasteiger partial charge in [-0.25, -0.2) is 4.98 Å². The molecule has 6 heteroatoms. The van der Waals surface area contributed by atoms with Crippen LogP contribution in [0.15, 0.2) is 35.0 Å². The number of anilines is 1. The number of fused-ring (bicyclic) bond motifs is 1. The van der Waals surface area contributed by atoms with Gasteiger partial charge in [0.05, 0.1) is 16.3 Å². The van der Waals surface area contributed by atoms with Crippen LogP contribution in [0.2, 0.25) is 0 Å². The molecule has 0 atom stereocenters. The van der Waals surface area contributed by atoms with Crippen molar-refractivity contribution in [2.45, 2.75) is 6.92 Å². The largest absolute Gasteiger partial charge is 0.482 e. The Labute approximate surface area is 135 Å². The second-order valence-corrected chi connectivity index (χ2v) is 6.79. The van der Waals surface area contributed by atoms with E-state index in [1.807, 2.05) is 23.6 Å². The van der Waals surface area contributed by atoms with Gasteiger partial charge in [0.1, 0.15) is 10.8 Å². The highest BCUT2D eigenvalue weighted by atomic mass is 32.1. The van der Waals surface area contributed by atoms with Crippen molar-refractivity contribution in [1.29, 1.82) is 0 Å². The van der Waals surface area contributed by atoms with Crippen LogP contribution in [0.1, 0.15) is 5.56 Å². The van der Waals surface area contributed by atoms with Gasteiger partial charge in [0.25, 0.3) is 5.91 Å². The molecule has 0 saturated carbocycles. The average Bonchev–Trinajstić information content (AvgIpc) is 3.15. The molecule has 0 radical (unpaired) electrons. The summed E-state index contributed by atoms with van der Waals surface area (Å²) in [6, 6.07) is 7.86. The molecule has 0 bridgehead atoms. The van der Waals surface area contributed by atoms with E-state index in [-0.39, 0.29) is 12.5 Å². The zero-order valence-corrected chi connectivity index (χ0v) is 13.4. The Balaban J connectivity index is 1.71. The lowest BCUT2D eigenvalue weighted by Gasteiger charge is -2.18. The highest BCUT2D eigenvalue weighted by molar-refractivity contribution is 7.20. The molecule has 4 rings (SSSR count). The van der Waals surface area contributed by atoms with Gasteiger partial charge in [0.15, 0.2) is 6.61 Å². The van der Waals surface area contributed by atoms with Crippen LogP contribution >= 0.6 is 22.7 Å². The molecule has 2 aromatic heterocycles. The third-order valence-corrected chi connectivity index (χ3v) is 5.48. The smallest absolute Gasteiger partial charge is 0.262 e. The van der Waals surface area contributed by atoms with E-state index in [4.69, 9.17) is 9.72 Å². The second kappa shape index (κ2) is 5.23. The van der Waals surface area contributed by atoms with Crippen LogP contribution in [0.3, 0.4) is 0 Å². The third kappa shape index (κ3) is 2.30. The van der Waals surface area contributed by atoms with Gasteiger partial charge in [0.2, 0.25) is 0 Å². The molecule has 1 aromatic carbocycles. The van der Waals surface area contributed by atoms with Gasteiger partial charge in [-0.2, -0.15) is 0 Å². The summed E-state index contributed by atoms with van der Waals surface area (Å²) >= 11 is 3.34. The van der Waals surface area contributed by atoms with Gasteiger partial charge < -0.3 is 10.1 Å². The molecule has 0 unspecified atom stereocenters. The Hall–Kier alpha value is -2.18. The molecule has 0 aliphatic carbocycles. The molecule has 22 heavy (non-hydrogen) atoms. The summed E-state index contributed by atoms with van der Waals surface area (Å²) in [5.74, 6) is 0.575. The molecule has 3 aromatic rings. The minimum atomic E-state index is -0.127. The lowest BCUT2D eigenvalue weighted by Crippen LogP contribution is -2.25. The maximum absolute atomic E-state index is 11.4. The molecular weight excluding hydrogens is 316 g/mol. The standard InChI is InChI=1S/C16H12N2O2S2/c1-9-4-5-21-15(9)16-18-12(8-22-16)10-2-3-13-11(6-10)17-14(19)7-20-13/h2-6,8H,7H2,1H3,(H,17,19). The van der Waals surface area contributed by atoms with Crippen LogP contribution in [0, 0.1) is 6.92 Å². The summed E-state index contributed by atoms with van der Waals surface area (Å²) in [6.45, 7) is 2.17. The van der Waals surface area contributed by atoms with E-state index in [0.29, 0.717) is 11.4 Å². The van der Waals surface area contributed by atoms with Crippen molar-refractivity contribution in [3.8, 4) is 26.9 Å². The molecule has 110 valence electrons. The summed E-state index contributed by atoms with van der Waals surface area (Å²) < 4.78 is 5.38. The molecule has 3 heterocycles. The van der Waals surface area contributed by atoms with Crippen LogP contribution < -0.4 is 10.1 Å². The van der Waals surface area contributed by atoms with E-state index in [1.54, 1.807) is 22.7 Å². The number of hydrogen-bond acceptors (Lipinski definition) is 5. The van der Waals surface area contributed by atoms with Crippen LogP contribution in [-0.4, -0.2) is 17.5 Å². The Morgan fingerprint density at radius 3 is 3.00 bits per heavy atom. The number of nitrogens with zero attached hydrogens (tertiary/aromatic N) is 1. The number of hydrogen-bond donors (Lipinski definition) is 1. The Morgan fingerprint density at radius 1 is 1.27 bits per heavy atom. The van der Waals surface area contributed by atoms with Gasteiger partial charge in [-0.15, -0.1) is 22.7 Å². The number of ether oxygens (including phenoxy) is 1. The molecule has 0 spiro atoms. The summed E-state index contributed by atoms with van der Waals surface area (Å²) in [7, 11) is 0. The number of amides is 1. The molecule has 1 amide bonds. The van der Waals surface area contributed by atoms with Crippen LogP contribution in [0.4, 0.5) is 5.69 Å². The molecule has 1 aliphatic heterocycles. The number of thiazole rings is 1. The highest BCUT2D eigenvalue weighted by Gasteiger charge is 2.17. The van der Waals surface area contributed by atoms with Crippen molar-refractivity contribution in [2.75, 3.05) is 11.9 Å². The number of benzene rings is 1. The quantitative estimate of drug-likeness (QED) is 0.768. The van der Waals surface area contributed by atoms with Gasteiger partial charge in [-0.05, 0) is 42.1 Å². The fourth-order valence-electron chi connectivity index (χ4n) is 2.34. The lowest BCUT2D eigenvalue weighted by molar-refractivity contribution is -0.118. The molecule has 4 nitrogen and oxygen atoms in total. The fourth-order valence-corrected chi connectivity index (χ4v) is 4.27. The first kappa shape index (κ1) is 13.5. The number of thiophene rings is 1. The molecule has 0 fully saturated rings. The Bertz CT molecular complexity index is 867. The van der Waals surface area contributed by atoms with Crippen molar-refractivity contribution < 1.29 is 9.53 Å². The minimum Gasteiger partial charge on any atom is -0.482 e. The average molecular weight is 328 g/mol. The number of aryl methyl sites for hydroxylation is 1. The molecule has 0 saturated heterocycles. The summed E-state index contributed by atoms with van der Waals surface area (Å²) in [6.07, 6.45) is 0. The number of carbonyl (C=O) groups excluding carboxylic acids is 1. The van der Waals surface area contributed by atoms with E-state index in [9.17, 15) is 4.79 Å². The lowest BCUT2D eigenvalue weighted by atomic mass is 10.1. The minimum absolute atomic E-state index is 0.0743. The summed E-state index contributed by atoms with van der Waals surface area (Å²) in [5.41, 5.74) is 3.84. The maximum atomic E-state index is 11.4. The molecular formula is C16H12N2O2S2. The Morgan fingerprint density at radius 2 is 2.18 bits per heavy atom. The summed E-state index contributed by atoms with van der Waals surface area (Å²) in [4.78, 5) is 17.4. The van der Waals surface area contributed by atoms with E-state index in [0.717, 1.165) is 16.3 Å². The zero-order valence-electron chi connectivity index (χ0n) is 11.8. The van der Waals surface area contributed by atoms with Crippen LogP contribution in [0.25, 0.3) is 21.1 Å². The van der Waals surface area contributed by atoms with Gasteiger partial charge >= 0.3 is 0 Å². The van der Waals surface area contributed by atoms with Crippen LogP contribution in [-0.2, 0) is 4.79 Å². The number of nitrogens with one attached hydrogen (secondary N) is 1. The SMILES string of the molecule is Cc1ccsc1-c1nc(-c2ccc3c(c2)NC(=O)CO3)cs1. The van der Waals surface area contributed by atoms with Crippen LogP contribution in [0.5, 0.6) is 5.75 Å². The predicted octanol–water partition coefficient (Wildman–Crippen LogP) is 4.18. The first-order valence-corrected chi connectivity index (χ1v) is 8.54. The Kier molecular flexibility index (Phi) is 3.20. The van der Waals surface area contributed by atoms with E-state index in [2.05, 4.69) is 23.7 Å². The van der Waals surface area contributed by atoms with E-state index >= 15 is 0 Å². The normalized spacial score (nSPS) is 13.4. The van der Waals surface area contributed by atoms with Gasteiger partial charge in [-0.1, -0.05) is 0 Å². The van der Waals surface area contributed by atoms with Gasteiger partial charge in [0, 0.05) is 10.9 Å². The second-order valence-electron chi connectivity index (χ2n) is 5.02. The molecule has 1 aliphatic rings. The number of rotatable bonds is 2. The number of carbonyl (C=O) groups is 1. The predicted molar refractivity (Wildman–Crippen MR) is 89.7 cm³/mol. The first-order chi connectivity index (χ1) is 10.7. The van der Waals surface area contributed by atoms with Crippen molar-refractivity contribution in [3.05, 3.63) is 40.6 Å². The number of aromatic nitrogens is 1. The van der Waals surface area contributed by atoms with Crippen molar-refractivity contribution in [2.24, 2.45) is 0 Å². The van der Waals surface area contributed by atoms with E-state index in [1.165, 1.54) is 10.4 Å². The maximum Gasteiger partial charge on any atom is 0.262 e. The van der Waals surface area contributed by atoms with E-state index < -0.39 is 0 Å². The fraction of sp³-hybridized carbons (Fsp3) is 0.125. The topological polar surface area (TPSA) is 51.2 Å². The molecule has 1 N–H and O–H groups in total. The third-order valence-electron chi connectivity index (χ3n) is 3.47. The van der Waals surface area contributed by atoms with Crippen molar-refractivity contribution in [3.63, 3.8) is 0 Å². The monoisotopic (exact) mass is 328 g/mol. The van der Waals surface area contributed by atoms with Crippen molar-refractivity contribution >= 4 is 34.3 Å².